The molecule has 0 aromatic carbocycles. The molecule has 0 saturated carbocycles. The number of carbonyl (C=O) groups excluding carboxylic acids is 3. The highest BCUT2D eigenvalue weighted by Gasteiger charge is 2.19. The highest BCUT2D eigenvalue weighted by Crippen LogP contribution is 2.17. The molecule has 0 fully saturated rings. The summed E-state index contributed by atoms with van der Waals surface area (Å²) in [6, 6.07) is 0. The normalized spacial score (nSPS) is 12.7. The fraction of sp³-hybridized carbons (Fsp3) is 0.743. The van der Waals surface area contributed by atoms with E-state index in [4.69, 9.17) is 14.2 Å². The number of hydrogen-bond donors (Lipinski definition) is 0. The lowest BCUT2D eigenvalue weighted by molar-refractivity contribution is -0.167. The van der Waals surface area contributed by atoms with Gasteiger partial charge in [0, 0.05) is 19.3 Å². The van der Waals surface area contributed by atoms with Gasteiger partial charge in [-0.15, -0.1) is 0 Å². The number of ether oxygens (including phenoxy) is 3. The largest absolute Gasteiger partial charge is 0.462 e. The molecule has 0 rings (SSSR count). The first-order chi connectivity index (χ1) is 39.5. The van der Waals surface area contributed by atoms with Crippen molar-refractivity contribution in [3.63, 3.8) is 0 Å². The van der Waals surface area contributed by atoms with Gasteiger partial charge in [0.15, 0.2) is 6.10 Å². The number of hydrogen-bond acceptors (Lipinski definition) is 6. The van der Waals surface area contributed by atoms with Gasteiger partial charge in [-0.25, -0.2) is 0 Å². The van der Waals surface area contributed by atoms with Crippen LogP contribution in [0, 0.1) is 0 Å². The summed E-state index contributed by atoms with van der Waals surface area (Å²) in [4.78, 5) is 38.4. The lowest BCUT2D eigenvalue weighted by Gasteiger charge is -2.18. The molecule has 0 saturated heterocycles. The summed E-state index contributed by atoms with van der Waals surface area (Å²) in [7, 11) is 0. The van der Waals surface area contributed by atoms with Gasteiger partial charge in [-0.1, -0.05) is 311 Å². The standard InChI is InChI=1S/C74H128O6/c1-4-7-10-13-16-19-22-25-28-31-33-34-35-36-37-38-39-40-42-43-46-49-52-55-58-61-64-67-73(76)79-70-71(69-78-72(75)66-63-60-57-54-51-48-45-30-27-24-21-18-15-12-9-6-3)80-74(77)68-65-62-59-56-53-50-47-44-41-32-29-26-23-20-17-14-11-8-5-2/h8,11,17,20,22,25-26,29,31,33,35-36,41,44,50,53,71H,4-7,9-10,12-16,18-19,21,23-24,27-28,30,32,34,37-40,42-43,45-49,51-52,54-70H2,1-3H3/b11-8-,20-17-,25-22-,29-26-,33-31-,36-35-,44-41-,53-50-. The van der Waals surface area contributed by atoms with Crippen molar-refractivity contribution >= 4 is 17.9 Å². The third-order valence-corrected chi connectivity index (χ3v) is 14.8. The molecule has 0 spiro atoms. The average Bonchev–Trinajstić information content (AvgIpc) is 3.46. The zero-order chi connectivity index (χ0) is 57.8. The zero-order valence-corrected chi connectivity index (χ0v) is 52.8. The molecule has 0 bridgehead atoms. The second-order valence-electron chi connectivity index (χ2n) is 22.7. The molecule has 0 aromatic heterocycles. The first-order valence-corrected chi connectivity index (χ1v) is 34.2. The highest BCUT2D eigenvalue weighted by atomic mass is 16.6. The Morgan fingerprint density at radius 1 is 0.263 bits per heavy atom. The van der Waals surface area contributed by atoms with E-state index in [0.717, 1.165) is 109 Å². The Morgan fingerprint density at radius 2 is 0.487 bits per heavy atom. The fourth-order valence-electron chi connectivity index (χ4n) is 9.71. The first-order valence-electron chi connectivity index (χ1n) is 34.2. The van der Waals surface area contributed by atoms with Crippen molar-refractivity contribution < 1.29 is 28.6 Å². The molecular formula is C74H128O6. The lowest BCUT2D eigenvalue weighted by Crippen LogP contribution is -2.30. The van der Waals surface area contributed by atoms with Gasteiger partial charge in [-0.2, -0.15) is 0 Å². The summed E-state index contributed by atoms with van der Waals surface area (Å²) < 4.78 is 16.9. The van der Waals surface area contributed by atoms with Crippen LogP contribution in [0.2, 0.25) is 0 Å². The molecule has 0 amide bonds. The SMILES string of the molecule is CC/C=C\C/C=C\C/C=C\C/C=C\C/C=C\CCCCCC(=O)OC(COC(=O)CCCCCCCCCCCCCC/C=C\C/C=C\C/C=C\CCCCCCC)COC(=O)CCCCCCCCCCCCCCCCCC. The monoisotopic (exact) mass is 1110 g/mol. The van der Waals surface area contributed by atoms with E-state index in [-0.39, 0.29) is 37.5 Å². The molecule has 6 nitrogen and oxygen atoms in total. The van der Waals surface area contributed by atoms with Crippen molar-refractivity contribution in [3.05, 3.63) is 97.2 Å². The van der Waals surface area contributed by atoms with Crippen LogP contribution in [-0.4, -0.2) is 37.2 Å². The summed E-state index contributed by atoms with van der Waals surface area (Å²) in [5, 5.41) is 0. The van der Waals surface area contributed by atoms with Crippen molar-refractivity contribution in [2.75, 3.05) is 13.2 Å². The molecule has 0 aliphatic heterocycles. The predicted molar refractivity (Wildman–Crippen MR) is 348 cm³/mol. The summed E-state index contributed by atoms with van der Waals surface area (Å²) in [6.07, 6.45) is 91.4. The van der Waals surface area contributed by atoms with Gasteiger partial charge in [-0.05, 0) is 103 Å². The number of esters is 3. The number of rotatable bonds is 62. The first kappa shape index (κ1) is 76.3. The number of allylic oxidation sites excluding steroid dienone is 16. The van der Waals surface area contributed by atoms with E-state index in [1.54, 1.807) is 0 Å². The Bertz CT molecular complexity index is 1560. The minimum absolute atomic E-state index is 0.0886. The van der Waals surface area contributed by atoms with E-state index in [1.165, 1.54) is 186 Å². The van der Waals surface area contributed by atoms with Crippen LogP contribution in [0.1, 0.15) is 335 Å². The van der Waals surface area contributed by atoms with E-state index in [0.29, 0.717) is 12.8 Å². The van der Waals surface area contributed by atoms with E-state index < -0.39 is 6.10 Å². The van der Waals surface area contributed by atoms with Crippen LogP contribution in [0.5, 0.6) is 0 Å². The van der Waals surface area contributed by atoms with Gasteiger partial charge in [0.1, 0.15) is 13.2 Å². The summed E-state index contributed by atoms with van der Waals surface area (Å²) in [5.41, 5.74) is 0. The Labute approximate surface area is 496 Å². The molecule has 460 valence electrons. The maximum absolute atomic E-state index is 12.9. The minimum atomic E-state index is -0.797. The van der Waals surface area contributed by atoms with E-state index in [9.17, 15) is 14.4 Å². The summed E-state index contributed by atoms with van der Waals surface area (Å²) in [5.74, 6) is -0.908. The molecular weight excluding hydrogens is 985 g/mol. The van der Waals surface area contributed by atoms with E-state index in [2.05, 4.69) is 118 Å². The van der Waals surface area contributed by atoms with Crippen molar-refractivity contribution in [1.82, 2.24) is 0 Å². The molecule has 0 radical (unpaired) electrons. The van der Waals surface area contributed by atoms with Crippen molar-refractivity contribution in [2.24, 2.45) is 0 Å². The Morgan fingerprint density at radius 3 is 0.775 bits per heavy atom. The van der Waals surface area contributed by atoms with Gasteiger partial charge in [-0.3, -0.25) is 14.4 Å². The van der Waals surface area contributed by atoms with Crippen molar-refractivity contribution in [3.8, 4) is 0 Å². The second-order valence-corrected chi connectivity index (χ2v) is 22.7. The Hall–Kier alpha value is -3.67. The van der Waals surface area contributed by atoms with Crippen LogP contribution in [0.3, 0.4) is 0 Å². The molecule has 0 aliphatic rings. The van der Waals surface area contributed by atoms with E-state index in [1.807, 2.05) is 0 Å². The smallest absolute Gasteiger partial charge is 0.306 e. The Balaban J connectivity index is 4.36. The predicted octanol–water partition coefficient (Wildman–Crippen LogP) is 23.6. The third kappa shape index (κ3) is 65.1. The maximum Gasteiger partial charge on any atom is 0.306 e. The van der Waals surface area contributed by atoms with Gasteiger partial charge in [0.2, 0.25) is 0 Å². The molecule has 6 heteroatoms. The van der Waals surface area contributed by atoms with Gasteiger partial charge >= 0.3 is 17.9 Å². The van der Waals surface area contributed by atoms with Crippen LogP contribution >= 0.6 is 0 Å². The molecule has 1 unspecified atom stereocenters. The molecule has 80 heavy (non-hydrogen) atoms. The molecule has 0 N–H and O–H groups in total. The van der Waals surface area contributed by atoms with Crippen LogP contribution in [0.4, 0.5) is 0 Å². The number of unbranched alkanes of at least 4 members (excludes halogenated alkanes) is 35. The fourth-order valence-corrected chi connectivity index (χ4v) is 9.71. The topological polar surface area (TPSA) is 78.9 Å². The quantitative estimate of drug-likeness (QED) is 0.0261. The lowest BCUT2D eigenvalue weighted by atomic mass is 10.0. The molecule has 0 heterocycles. The van der Waals surface area contributed by atoms with Gasteiger partial charge < -0.3 is 14.2 Å². The minimum Gasteiger partial charge on any atom is -0.462 e. The highest BCUT2D eigenvalue weighted by molar-refractivity contribution is 5.71. The van der Waals surface area contributed by atoms with Crippen LogP contribution in [0.15, 0.2) is 97.2 Å². The maximum atomic E-state index is 12.9. The van der Waals surface area contributed by atoms with Gasteiger partial charge in [0.05, 0.1) is 0 Å². The van der Waals surface area contributed by atoms with Crippen LogP contribution < -0.4 is 0 Å². The van der Waals surface area contributed by atoms with Gasteiger partial charge in [0.25, 0.3) is 0 Å². The average molecular weight is 1110 g/mol. The Kier molecular flexibility index (Phi) is 64.7. The molecule has 1 atom stereocenters. The van der Waals surface area contributed by atoms with Crippen molar-refractivity contribution in [2.45, 2.75) is 341 Å². The zero-order valence-electron chi connectivity index (χ0n) is 52.8. The van der Waals surface area contributed by atoms with Crippen molar-refractivity contribution in [1.29, 1.82) is 0 Å². The number of carbonyl (C=O) groups is 3. The van der Waals surface area contributed by atoms with Crippen LogP contribution in [-0.2, 0) is 28.6 Å². The van der Waals surface area contributed by atoms with E-state index >= 15 is 0 Å². The molecule has 0 aliphatic carbocycles. The van der Waals surface area contributed by atoms with Crippen LogP contribution in [0.25, 0.3) is 0 Å². The summed E-state index contributed by atoms with van der Waals surface area (Å²) >= 11 is 0. The third-order valence-electron chi connectivity index (χ3n) is 14.8. The summed E-state index contributed by atoms with van der Waals surface area (Å²) in [6.45, 7) is 6.53. The molecule has 0 aromatic rings. The second kappa shape index (κ2) is 67.8.